The minimum Gasteiger partial charge on any atom is -0.365 e. The van der Waals surface area contributed by atoms with E-state index in [2.05, 4.69) is 14.1 Å². The van der Waals surface area contributed by atoms with Crippen molar-refractivity contribution in [1.29, 1.82) is 0 Å². The summed E-state index contributed by atoms with van der Waals surface area (Å²) < 4.78 is 0.906. The fourth-order valence-electron chi connectivity index (χ4n) is 1.20. The minimum atomic E-state index is -1.38. The van der Waals surface area contributed by atoms with E-state index in [1.54, 1.807) is 0 Å². The average Bonchev–Trinajstić information content (AvgIpc) is 1.79. The second-order valence-corrected chi connectivity index (χ2v) is 3.87. The van der Waals surface area contributed by atoms with Gasteiger partial charge in [-0.05, 0) is 0 Å². The van der Waals surface area contributed by atoms with E-state index in [1.165, 1.54) is 0 Å². The molecule has 3 heteroatoms. The summed E-state index contributed by atoms with van der Waals surface area (Å²) in [5.41, 5.74) is 0. The molecule has 0 aromatic carbocycles. The Kier molecular flexibility index (Phi) is 1.75. The van der Waals surface area contributed by atoms with E-state index in [0.717, 1.165) is 17.6 Å². The fourth-order valence-corrected chi connectivity index (χ4v) is 1.20. The van der Waals surface area contributed by atoms with Gasteiger partial charge < -0.3 is 14.7 Å². The van der Waals surface area contributed by atoms with Crippen molar-refractivity contribution in [3.63, 3.8) is 0 Å². The minimum absolute atomic E-state index is 0.500. The van der Waals surface area contributed by atoms with Gasteiger partial charge in [-0.15, -0.1) is 0 Å². The van der Waals surface area contributed by atoms with Crippen LogP contribution in [0.2, 0.25) is 0 Å². The third kappa shape index (κ3) is 1.94. The van der Waals surface area contributed by atoms with E-state index in [0.29, 0.717) is 12.8 Å². The van der Waals surface area contributed by atoms with Crippen molar-refractivity contribution >= 4 is 0 Å². The van der Waals surface area contributed by atoms with Crippen LogP contribution in [0.1, 0.15) is 12.8 Å². The summed E-state index contributed by atoms with van der Waals surface area (Å²) in [4.78, 5) is 0. The molecule has 0 aliphatic carbocycles. The van der Waals surface area contributed by atoms with Crippen molar-refractivity contribution in [2.45, 2.75) is 18.6 Å². The van der Waals surface area contributed by atoms with E-state index in [-0.39, 0.29) is 0 Å². The lowest BCUT2D eigenvalue weighted by molar-refractivity contribution is -0.899. The number of hydrogen-bond acceptors (Lipinski definition) is 2. The molecule has 0 amide bonds. The summed E-state index contributed by atoms with van der Waals surface area (Å²) in [7, 11) is 4.21. The highest BCUT2D eigenvalue weighted by molar-refractivity contribution is 4.67. The Morgan fingerprint density at radius 1 is 1.10 bits per heavy atom. The summed E-state index contributed by atoms with van der Waals surface area (Å²) in [6, 6.07) is 0. The number of piperidine rings is 1. The van der Waals surface area contributed by atoms with Gasteiger partial charge in [0.2, 0.25) is 0 Å². The highest BCUT2D eigenvalue weighted by Crippen LogP contribution is 2.21. The lowest BCUT2D eigenvalue weighted by atomic mass is 10.0. The van der Waals surface area contributed by atoms with Crippen LogP contribution in [0, 0.1) is 0 Å². The molecule has 0 radical (unpaired) electrons. The standard InChI is InChI=1S/C7H16NO2/c1-8(2)5-3-7(9,10)4-6-8/h9-10H,3-6H2,1-2H3/q+1. The molecule has 1 aliphatic heterocycles. The topological polar surface area (TPSA) is 40.5 Å². The van der Waals surface area contributed by atoms with Crippen LogP contribution in [-0.2, 0) is 0 Å². The quantitative estimate of drug-likeness (QED) is 0.358. The van der Waals surface area contributed by atoms with Crippen LogP contribution in [0.4, 0.5) is 0 Å². The van der Waals surface area contributed by atoms with Crippen LogP contribution in [0.25, 0.3) is 0 Å². The van der Waals surface area contributed by atoms with Crippen molar-refractivity contribution in [2.75, 3.05) is 27.2 Å². The molecule has 0 spiro atoms. The molecule has 0 unspecified atom stereocenters. The average molecular weight is 146 g/mol. The summed E-state index contributed by atoms with van der Waals surface area (Å²) in [6.07, 6.45) is 1.00. The SMILES string of the molecule is C[N+]1(C)CCC(O)(O)CC1. The first-order valence-electron chi connectivity index (χ1n) is 3.68. The Labute approximate surface area is 61.5 Å². The second kappa shape index (κ2) is 2.19. The predicted molar refractivity (Wildman–Crippen MR) is 38.2 cm³/mol. The highest BCUT2D eigenvalue weighted by atomic mass is 16.5. The van der Waals surface area contributed by atoms with Crippen molar-refractivity contribution in [2.24, 2.45) is 0 Å². The number of nitrogens with zero attached hydrogens (tertiary/aromatic N) is 1. The first-order chi connectivity index (χ1) is 4.41. The van der Waals surface area contributed by atoms with Gasteiger partial charge in [-0.2, -0.15) is 0 Å². The summed E-state index contributed by atoms with van der Waals surface area (Å²) in [5, 5.41) is 18.3. The van der Waals surface area contributed by atoms with Gasteiger partial charge in [-0.25, -0.2) is 0 Å². The Bertz CT molecular complexity index is 104. The first-order valence-corrected chi connectivity index (χ1v) is 3.68. The number of rotatable bonds is 0. The van der Waals surface area contributed by atoms with E-state index in [9.17, 15) is 0 Å². The molecular weight excluding hydrogens is 130 g/mol. The van der Waals surface area contributed by atoms with E-state index < -0.39 is 5.79 Å². The maximum atomic E-state index is 9.15. The molecule has 0 bridgehead atoms. The van der Waals surface area contributed by atoms with Crippen LogP contribution < -0.4 is 0 Å². The van der Waals surface area contributed by atoms with E-state index in [1.807, 2.05) is 0 Å². The zero-order chi connectivity index (χ0) is 7.83. The number of hydrogen-bond donors (Lipinski definition) is 2. The molecular formula is C7H16NO2+. The number of likely N-dealkylation sites (tertiary alicyclic amines) is 1. The molecule has 60 valence electrons. The lowest BCUT2D eigenvalue weighted by Gasteiger charge is -2.38. The van der Waals surface area contributed by atoms with Crippen molar-refractivity contribution in [1.82, 2.24) is 0 Å². The maximum absolute atomic E-state index is 9.15. The summed E-state index contributed by atoms with van der Waals surface area (Å²) >= 11 is 0. The third-order valence-corrected chi connectivity index (χ3v) is 2.24. The van der Waals surface area contributed by atoms with Crippen molar-refractivity contribution in [3.8, 4) is 0 Å². The molecule has 0 aromatic rings. The smallest absolute Gasteiger partial charge is 0.173 e. The molecule has 0 saturated carbocycles. The normalized spacial score (nSPS) is 30.0. The molecule has 1 fully saturated rings. The van der Waals surface area contributed by atoms with Crippen LogP contribution in [0.15, 0.2) is 0 Å². The molecule has 1 heterocycles. The van der Waals surface area contributed by atoms with Crippen LogP contribution >= 0.6 is 0 Å². The van der Waals surface area contributed by atoms with Crippen LogP contribution in [0.3, 0.4) is 0 Å². The Hall–Kier alpha value is -0.120. The Balaban J connectivity index is 2.46. The van der Waals surface area contributed by atoms with Crippen molar-refractivity contribution < 1.29 is 14.7 Å². The zero-order valence-electron chi connectivity index (χ0n) is 6.67. The lowest BCUT2D eigenvalue weighted by Crippen LogP contribution is -2.52. The molecule has 0 aromatic heterocycles. The molecule has 1 rings (SSSR count). The summed E-state index contributed by atoms with van der Waals surface area (Å²) in [6.45, 7) is 1.71. The monoisotopic (exact) mass is 146 g/mol. The van der Waals surface area contributed by atoms with Gasteiger partial charge >= 0.3 is 0 Å². The molecule has 10 heavy (non-hydrogen) atoms. The van der Waals surface area contributed by atoms with Gasteiger partial charge in [-0.1, -0.05) is 0 Å². The van der Waals surface area contributed by atoms with Gasteiger partial charge in [-0.3, -0.25) is 0 Å². The number of quaternary nitrogens is 1. The van der Waals surface area contributed by atoms with Gasteiger partial charge in [0.25, 0.3) is 0 Å². The van der Waals surface area contributed by atoms with Crippen molar-refractivity contribution in [3.05, 3.63) is 0 Å². The maximum Gasteiger partial charge on any atom is 0.173 e. The molecule has 1 saturated heterocycles. The summed E-state index contributed by atoms with van der Waals surface area (Å²) in [5.74, 6) is -1.38. The van der Waals surface area contributed by atoms with Gasteiger partial charge in [0.1, 0.15) is 0 Å². The van der Waals surface area contributed by atoms with Gasteiger partial charge in [0, 0.05) is 0 Å². The first kappa shape index (κ1) is 7.98. The molecule has 2 N–H and O–H groups in total. The third-order valence-electron chi connectivity index (χ3n) is 2.24. The molecule has 0 atom stereocenters. The van der Waals surface area contributed by atoms with E-state index >= 15 is 0 Å². The Morgan fingerprint density at radius 3 is 1.80 bits per heavy atom. The predicted octanol–water partition coefficient (Wildman–Crippen LogP) is -0.463. The molecule has 1 aliphatic rings. The second-order valence-electron chi connectivity index (χ2n) is 3.87. The zero-order valence-corrected chi connectivity index (χ0v) is 6.67. The highest BCUT2D eigenvalue weighted by Gasteiger charge is 2.34. The van der Waals surface area contributed by atoms with Crippen LogP contribution in [0.5, 0.6) is 0 Å². The fraction of sp³-hybridized carbons (Fsp3) is 1.00. The number of aliphatic hydroxyl groups is 2. The Morgan fingerprint density at radius 2 is 1.50 bits per heavy atom. The van der Waals surface area contributed by atoms with Gasteiger partial charge in [0.15, 0.2) is 5.79 Å². The molecule has 3 nitrogen and oxygen atoms in total. The largest absolute Gasteiger partial charge is 0.365 e. The van der Waals surface area contributed by atoms with E-state index in [4.69, 9.17) is 10.2 Å². The van der Waals surface area contributed by atoms with Gasteiger partial charge in [0.05, 0.1) is 40.0 Å². The van der Waals surface area contributed by atoms with Crippen LogP contribution in [-0.4, -0.2) is 47.7 Å².